The Morgan fingerprint density at radius 2 is 2.00 bits per heavy atom. The van der Waals surface area contributed by atoms with E-state index >= 15 is 0 Å². The van der Waals surface area contributed by atoms with E-state index in [4.69, 9.17) is 14.6 Å². The van der Waals surface area contributed by atoms with Crippen LogP contribution >= 0.6 is 0 Å². The molecule has 0 saturated heterocycles. The summed E-state index contributed by atoms with van der Waals surface area (Å²) in [6, 6.07) is 3.27. The number of carboxylic acids is 1. The molecule has 0 spiro atoms. The molecule has 118 valence electrons. The molecular weight excluding hydrogens is 298 g/mol. The molecule has 0 saturated carbocycles. The average Bonchev–Trinajstić information content (AvgIpc) is 2.45. The molecule has 1 N–H and O–H groups in total. The summed E-state index contributed by atoms with van der Waals surface area (Å²) < 4.78 is 36.2. The maximum absolute atomic E-state index is 12.6. The van der Waals surface area contributed by atoms with Gasteiger partial charge in [0.1, 0.15) is 10.6 Å². The molecule has 1 aromatic rings. The highest BCUT2D eigenvalue weighted by molar-refractivity contribution is 7.89. The highest BCUT2D eigenvalue weighted by atomic mass is 32.2. The molecule has 0 aliphatic carbocycles. The van der Waals surface area contributed by atoms with Crippen LogP contribution < -0.4 is 4.74 Å². The Labute approximate surface area is 124 Å². The largest absolute Gasteiger partial charge is 0.495 e. The summed E-state index contributed by atoms with van der Waals surface area (Å²) in [6.45, 7) is 1.95. The highest BCUT2D eigenvalue weighted by Gasteiger charge is 2.28. The average molecular weight is 317 g/mol. The Kier molecular flexibility index (Phi) is 5.70. The number of ether oxygens (including phenoxy) is 2. The summed E-state index contributed by atoms with van der Waals surface area (Å²) in [7, 11) is 0.399. The van der Waals surface area contributed by atoms with Gasteiger partial charge in [-0.1, -0.05) is 0 Å². The van der Waals surface area contributed by atoms with Crippen molar-refractivity contribution in [3.8, 4) is 5.75 Å². The third-order valence-corrected chi connectivity index (χ3v) is 5.11. The molecular formula is C13H19NO6S. The zero-order valence-corrected chi connectivity index (χ0v) is 13.2. The number of likely N-dealkylation sites (N-methyl/N-ethyl adjacent to an activating group) is 1. The number of hydrogen-bond acceptors (Lipinski definition) is 5. The van der Waals surface area contributed by atoms with Crippen LogP contribution in [0.3, 0.4) is 0 Å². The lowest BCUT2D eigenvalue weighted by Crippen LogP contribution is -2.37. The minimum atomic E-state index is -3.81. The lowest BCUT2D eigenvalue weighted by Gasteiger charge is -2.24. The van der Waals surface area contributed by atoms with Gasteiger partial charge in [0.2, 0.25) is 10.0 Å². The number of hydrogen-bond donors (Lipinski definition) is 1. The van der Waals surface area contributed by atoms with Gasteiger partial charge in [-0.3, -0.25) is 0 Å². The third kappa shape index (κ3) is 3.72. The van der Waals surface area contributed by atoms with Gasteiger partial charge in [0.15, 0.2) is 0 Å². The quantitative estimate of drug-likeness (QED) is 0.808. The summed E-state index contributed by atoms with van der Waals surface area (Å²) in [5.41, 5.74) is -0.0432. The highest BCUT2D eigenvalue weighted by Crippen LogP contribution is 2.28. The van der Waals surface area contributed by atoms with Gasteiger partial charge in [0, 0.05) is 20.2 Å². The summed E-state index contributed by atoms with van der Waals surface area (Å²) in [4.78, 5) is 10.8. The molecule has 0 aliphatic rings. The van der Waals surface area contributed by atoms with Gasteiger partial charge in [-0.05, 0) is 25.1 Å². The molecule has 7 nitrogen and oxygen atoms in total. The number of benzene rings is 1. The molecule has 0 heterocycles. The van der Waals surface area contributed by atoms with Crippen molar-refractivity contribution in [1.29, 1.82) is 0 Å². The lowest BCUT2D eigenvalue weighted by molar-refractivity contribution is 0.0696. The zero-order valence-electron chi connectivity index (χ0n) is 12.4. The van der Waals surface area contributed by atoms with Crippen LogP contribution in [0.1, 0.15) is 17.3 Å². The van der Waals surface area contributed by atoms with E-state index in [2.05, 4.69) is 0 Å². The minimum absolute atomic E-state index is 0.00799. The molecule has 1 rings (SSSR count). The van der Waals surface area contributed by atoms with E-state index in [0.717, 1.165) is 4.31 Å². The van der Waals surface area contributed by atoms with Crippen LogP contribution in [0.15, 0.2) is 23.1 Å². The molecule has 8 heteroatoms. The SMILES string of the molecule is COCC(C)N(C)S(=O)(=O)c1ccc(C(=O)O)cc1OC. The van der Waals surface area contributed by atoms with Gasteiger partial charge >= 0.3 is 5.97 Å². The predicted molar refractivity (Wildman–Crippen MR) is 76.2 cm³/mol. The number of methoxy groups -OCH3 is 2. The first-order chi connectivity index (χ1) is 9.75. The van der Waals surface area contributed by atoms with Gasteiger partial charge in [0.05, 0.1) is 19.3 Å². The molecule has 21 heavy (non-hydrogen) atoms. The van der Waals surface area contributed by atoms with Gasteiger partial charge < -0.3 is 14.6 Å². The Hall–Kier alpha value is -1.64. The summed E-state index contributed by atoms with van der Waals surface area (Å²) in [5, 5.41) is 8.93. The van der Waals surface area contributed by atoms with Gasteiger partial charge in [-0.2, -0.15) is 4.31 Å². The van der Waals surface area contributed by atoms with E-state index in [1.165, 1.54) is 39.5 Å². The van der Waals surface area contributed by atoms with E-state index in [-0.39, 0.29) is 28.9 Å². The molecule has 0 radical (unpaired) electrons. The van der Waals surface area contributed by atoms with E-state index in [0.29, 0.717) is 0 Å². The molecule has 0 bridgehead atoms. The van der Waals surface area contributed by atoms with E-state index in [1.807, 2.05) is 0 Å². The Morgan fingerprint density at radius 3 is 2.48 bits per heavy atom. The lowest BCUT2D eigenvalue weighted by atomic mass is 10.2. The summed E-state index contributed by atoms with van der Waals surface area (Å²) in [5.74, 6) is -1.16. The molecule has 1 aromatic carbocycles. The molecule has 0 fully saturated rings. The molecule has 0 aromatic heterocycles. The Balaban J connectivity index is 3.28. The zero-order chi connectivity index (χ0) is 16.2. The second-order valence-electron chi connectivity index (χ2n) is 4.50. The van der Waals surface area contributed by atoms with Crippen LogP contribution in [0, 0.1) is 0 Å². The normalized spacial score (nSPS) is 13.2. The maximum atomic E-state index is 12.6. The molecule has 0 aliphatic heterocycles. The monoisotopic (exact) mass is 317 g/mol. The van der Waals surface area contributed by atoms with E-state index in [9.17, 15) is 13.2 Å². The Morgan fingerprint density at radius 1 is 1.38 bits per heavy atom. The minimum Gasteiger partial charge on any atom is -0.495 e. The maximum Gasteiger partial charge on any atom is 0.335 e. The van der Waals surface area contributed by atoms with Crippen molar-refractivity contribution in [3.63, 3.8) is 0 Å². The predicted octanol–water partition coefficient (Wildman–Crippen LogP) is 1.05. The smallest absolute Gasteiger partial charge is 0.335 e. The van der Waals surface area contributed by atoms with Crippen LogP contribution in [-0.2, 0) is 14.8 Å². The number of sulfonamides is 1. The topological polar surface area (TPSA) is 93.1 Å². The van der Waals surface area contributed by atoms with Crippen LogP contribution in [0.2, 0.25) is 0 Å². The van der Waals surface area contributed by atoms with Crippen LogP contribution in [0.4, 0.5) is 0 Å². The first-order valence-electron chi connectivity index (χ1n) is 6.14. The van der Waals surface area contributed by atoms with Gasteiger partial charge in [-0.25, -0.2) is 13.2 Å². The first kappa shape index (κ1) is 17.4. The fourth-order valence-electron chi connectivity index (χ4n) is 1.75. The van der Waals surface area contributed by atoms with Crippen molar-refractivity contribution in [1.82, 2.24) is 4.31 Å². The van der Waals surface area contributed by atoms with E-state index < -0.39 is 16.0 Å². The number of carboxylic acid groups (broad SMARTS) is 1. The van der Waals surface area contributed by atoms with Crippen LogP contribution in [-0.4, -0.2) is 57.7 Å². The molecule has 0 amide bonds. The van der Waals surface area contributed by atoms with Crippen LogP contribution in [0.5, 0.6) is 5.75 Å². The van der Waals surface area contributed by atoms with E-state index in [1.54, 1.807) is 6.92 Å². The van der Waals surface area contributed by atoms with Gasteiger partial charge in [0.25, 0.3) is 0 Å². The van der Waals surface area contributed by atoms with Crippen molar-refractivity contribution >= 4 is 16.0 Å². The number of aromatic carboxylic acids is 1. The molecule has 1 atom stereocenters. The first-order valence-corrected chi connectivity index (χ1v) is 7.58. The summed E-state index contributed by atoms with van der Waals surface area (Å²) in [6.07, 6.45) is 0. The summed E-state index contributed by atoms with van der Waals surface area (Å²) >= 11 is 0. The Bertz CT molecular complexity index is 613. The molecule has 1 unspecified atom stereocenters. The number of carbonyl (C=O) groups is 1. The van der Waals surface area contributed by atoms with Crippen molar-refractivity contribution in [2.75, 3.05) is 27.9 Å². The van der Waals surface area contributed by atoms with Crippen molar-refractivity contribution < 1.29 is 27.8 Å². The van der Waals surface area contributed by atoms with Crippen molar-refractivity contribution in [2.24, 2.45) is 0 Å². The fraction of sp³-hybridized carbons (Fsp3) is 0.462. The van der Waals surface area contributed by atoms with Gasteiger partial charge in [-0.15, -0.1) is 0 Å². The fourth-order valence-corrected chi connectivity index (χ4v) is 3.23. The standard InChI is InChI=1S/C13H19NO6S/c1-9(8-19-3)14(2)21(17,18)12-6-5-10(13(15)16)7-11(12)20-4/h5-7,9H,8H2,1-4H3,(H,15,16). The third-order valence-electron chi connectivity index (χ3n) is 3.10. The number of nitrogens with zero attached hydrogens (tertiary/aromatic N) is 1. The number of rotatable bonds is 7. The second kappa shape index (κ2) is 6.88. The van der Waals surface area contributed by atoms with Crippen molar-refractivity contribution in [2.45, 2.75) is 17.9 Å². The second-order valence-corrected chi connectivity index (χ2v) is 6.46. The van der Waals surface area contributed by atoms with Crippen molar-refractivity contribution in [3.05, 3.63) is 23.8 Å². The van der Waals surface area contributed by atoms with Crippen LogP contribution in [0.25, 0.3) is 0 Å².